The highest BCUT2D eigenvalue weighted by Crippen LogP contribution is 2.26. The summed E-state index contributed by atoms with van der Waals surface area (Å²) in [6.07, 6.45) is 1.00. The Morgan fingerprint density at radius 1 is 1.16 bits per heavy atom. The van der Waals surface area contributed by atoms with Crippen molar-refractivity contribution in [1.29, 1.82) is 0 Å². The molecule has 0 saturated carbocycles. The molecule has 2 N–H and O–H groups in total. The number of anilines is 2. The maximum atomic E-state index is 6.07. The Labute approximate surface area is 123 Å². The van der Waals surface area contributed by atoms with Crippen LogP contribution in [0, 0.1) is 6.92 Å². The zero-order valence-corrected chi connectivity index (χ0v) is 12.9. The Bertz CT molecular complexity index is 546. The van der Waals surface area contributed by atoms with Crippen molar-refractivity contribution in [1.82, 2.24) is 0 Å². The first kappa shape index (κ1) is 13.9. The van der Waals surface area contributed by atoms with Gasteiger partial charge in [0, 0.05) is 18.1 Å². The molecule has 0 fully saturated rings. The Hall–Kier alpha value is -1.48. The number of benzene rings is 2. The maximum absolute atomic E-state index is 6.07. The van der Waals surface area contributed by atoms with Crippen molar-refractivity contribution in [2.45, 2.75) is 13.3 Å². The number of nitrogens with zero attached hydrogens (tertiary/aromatic N) is 1. The second-order valence-corrected chi connectivity index (χ2v) is 5.73. The Morgan fingerprint density at radius 3 is 2.58 bits per heavy atom. The minimum Gasteiger partial charge on any atom is -0.397 e. The molecule has 0 spiro atoms. The number of hydrogen-bond donors (Lipinski definition) is 1. The fraction of sp³-hybridized carbons (Fsp3) is 0.250. The van der Waals surface area contributed by atoms with Gasteiger partial charge >= 0.3 is 0 Å². The standard InChI is InChI=1S/C16H19BrN2/c1-12-5-3-8-15(18)16(12)19(2)10-9-13-6-4-7-14(17)11-13/h3-8,11H,9-10,18H2,1-2H3. The molecule has 2 aromatic carbocycles. The molecular formula is C16H19BrN2. The third kappa shape index (κ3) is 3.51. The first-order valence-electron chi connectivity index (χ1n) is 6.38. The lowest BCUT2D eigenvalue weighted by atomic mass is 10.1. The van der Waals surface area contributed by atoms with E-state index in [4.69, 9.17) is 5.73 Å². The topological polar surface area (TPSA) is 29.3 Å². The second-order valence-electron chi connectivity index (χ2n) is 4.81. The van der Waals surface area contributed by atoms with Crippen molar-refractivity contribution in [3.63, 3.8) is 0 Å². The van der Waals surface area contributed by atoms with Gasteiger partial charge in [-0.1, -0.05) is 40.2 Å². The SMILES string of the molecule is Cc1cccc(N)c1N(C)CCc1cccc(Br)c1. The summed E-state index contributed by atoms with van der Waals surface area (Å²) in [5.74, 6) is 0. The molecule has 2 aromatic rings. The molecular weight excluding hydrogens is 300 g/mol. The van der Waals surface area contributed by atoms with Gasteiger partial charge < -0.3 is 10.6 Å². The van der Waals surface area contributed by atoms with Crippen LogP contribution in [0.4, 0.5) is 11.4 Å². The predicted octanol–water partition coefficient (Wildman–Crippen LogP) is 4.02. The van der Waals surface area contributed by atoms with Crippen LogP contribution in [-0.2, 0) is 6.42 Å². The van der Waals surface area contributed by atoms with Gasteiger partial charge in [0.2, 0.25) is 0 Å². The fourth-order valence-electron chi connectivity index (χ4n) is 2.30. The number of rotatable bonds is 4. The van der Waals surface area contributed by atoms with E-state index >= 15 is 0 Å². The number of hydrogen-bond acceptors (Lipinski definition) is 2. The Balaban J connectivity index is 2.07. The predicted molar refractivity (Wildman–Crippen MR) is 86.7 cm³/mol. The molecule has 2 nitrogen and oxygen atoms in total. The smallest absolute Gasteiger partial charge is 0.0627 e. The van der Waals surface area contributed by atoms with E-state index in [0.717, 1.165) is 28.8 Å². The van der Waals surface area contributed by atoms with Gasteiger partial charge in [0.25, 0.3) is 0 Å². The molecule has 0 radical (unpaired) electrons. The molecule has 0 heterocycles. The lowest BCUT2D eigenvalue weighted by Crippen LogP contribution is -2.22. The third-order valence-electron chi connectivity index (χ3n) is 3.28. The number of halogens is 1. The van der Waals surface area contributed by atoms with Gasteiger partial charge in [0.1, 0.15) is 0 Å². The molecule has 3 heteroatoms. The first-order chi connectivity index (χ1) is 9.08. The summed E-state index contributed by atoms with van der Waals surface area (Å²) in [5, 5.41) is 0. The summed E-state index contributed by atoms with van der Waals surface area (Å²) in [4.78, 5) is 2.23. The van der Waals surface area contributed by atoms with E-state index in [1.165, 1.54) is 11.1 Å². The average molecular weight is 319 g/mol. The zero-order valence-electron chi connectivity index (χ0n) is 11.4. The van der Waals surface area contributed by atoms with Gasteiger partial charge in [-0.05, 0) is 42.7 Å². The van der Waals surface area contributed by atoms with Gasteiger partial charge in [-0.15, -0.1) is 0 Å². The van der Waals surface area contributed by atoms with Crippen LogP contribution in [-0.4, -0.2) is 13.6 Å². The summed E-state index contributed by atoms with van der Waals surface area (Å²) in [7, 11) is 2.09. The van der Waals surface area contributed by atoms with Crippen LogP contribution in [0.1, 0.15) is 11.1 Å². The molecule has 0 aromatic heterocycles. The van der Waals surface area contributed by atoms with Crippen LogP contribution in [0.3, 0.4) is 0 Å². The highest BCUT2D eigenvalue weighted by molar-refractivity contribution is 9.10. The van der Waals surface area contributed by atoms with Crippen LogP contribution in [0.2, 0.25) is 0 Å². The van der Waals surface area contributed by atoms with Crippen molar-refractivity contribution in [2.75, 3.05) is 24.2 Å². The second kappa shape index (κ2) is 6.11. The summed E-state index contributed by atoms with van der Waals surface area (Å²) in [6.45, 7) is 3.05. The molecule has 2 rings (SSSR count). The van der Waals surface area contributed by atoms with Gasteiger partial charge in [0.05, 0.1) is 11.4 Å². The number of aryl methyl sites for hydroxylation is 1. The van der Waals surface area contributed by atoms with Gasteiger partial charge in [-0.3, -0.25) is 0 Å². The Morgan fingerprint density at radius 2 is 1.89 bits per heavy atom. The lowest BCUT2D eigenvalue weighted by molar-refractivity contribution is 0.874. The number of likely N-dealkylation sites (N-methyl/N-ethyl adjacent to an activating group) is 1. The highest BCUT2D eigenvalue weighted by Gasteiger charge is 2.08. The normalized spacial score (nSPS) is 10.5. The minimum absolute atomic E-state index is 0.844. The van der Waals surface area contributed by atoms with Crippen molar-refractivity contribution < 1.29 is 0 Å². The molecule has 100 valence electrons. The number of nitrogen functional groups attached to an aromatic ring is 1. The van der Waals surface area contributed by atoms with E-state index in [1.807, 2.05) is 18.2 Å². The molecule has 0 bridgehead atoms. The lowest BCUT2D eigenvalue weighted by Gasteiger charge is -2.23. The van der Waals surface area contributed by atoms with Crippen LogP contribution >= 0.6 is 15.9 Å². The van der Waals surface area contributed by atoms with Gasteiger partial charge in [-0.25, -0.2) is 0 Å². The van der Waals surface area contributed by atoms with Crippen LogP contribution in [0.25, 0.3) is 0 Å². The van der Waals surface area contributed by atoms with E-state index in [-0.39, 0.29) is 0 Å². The zero-order chi connectivity index (χ0) is 13.8. The van der Waals surface area contributed by atoms with E-state index in [2.05, 4.69) is 59.1 Å². The van der Waals surface area contributed by atoms with E-state index in [1.54, 1.807) is 0 Å². The third-order valence-corrected chi connectivity index (χ3v) is 3.77. The average Bonchev–Trinajstić information content (AvgIpc) is 2.36. The minimum atomic E-state index is 0.844. The van der Waals surface area contributed by atoms with Crippen molar-refractivity contribution in [2.24, 2.45) is 0 Å². The highest BCUT2D eigenvalue weighted by atomic mass is 79.9. The summed E-state index contributed by atoms with van der Waals surface area (Å²) in [6, 6.07) is 14.5. The summed E-state index contributed by atoms with van der Waals surface area (Å²) in [5.41, 5.74) is 10.6. The molecule has 0 unspecified atom stereocenters. The summed E-state index contributed by atoms with van der Waals surface area (Å²) < 4.78 is 1.13. The fourth-order valence-corrected chi connectivity index (χ4v) is 2.75. The Kier molecular flexibility index (Phi) is 4.48. The maximum Gasteiger partial charge on any atom is 0.0627 e. The molecule has 0 aliphatic heterocycles. The molecule has 0 amide bonds. The van der Waals surface area contributed by atoms with Crippen LogP contribution < -0.4 is 10.6 Å². The molecule has 0 aliphatic rings. The monoisotopic (exact) mass is 318 g/mol. The van der Waals surface area contributed by atoms with E-state index in [9.17, 15) is 0 Å². The molecule has 19 heavy (non-hydrogen) atoms. The van der Waals surface area contributed by atoms with Gasteiger partial charge in [0.15, 0.2) is 0 Å². The van der Waals surface area contributed by atoms with Gasteiger partial charge in [-0.2, -0.15) is 0 Å². The quantitative estimate of drug-likeness (QED) is 0.863. The van der Waals surface area contributed by atoms with Crippen molar-refractivity contribution >= 4 is 27.3 Å². The molecule has 0 atom stereocenters. The number of nitrogens with two attached hydrogens (primary N) is 1. The largest absolute Gasteiger partial charge is 0.397 e. The van der Waals surface area contributed by atoms with Crippen molar-refractivity contribution in [3.8, 4) is 0 Å². The first-order valence-corrected chi connectivity index (χ1v) is 7.18. The van der Waals surface area contributed by atoms with E-state index in [0.29, 0.717) is 0 Å². The van der Waals surface area contributed by atoms with Crippen LogP contribution in [0.15, 0.2) is 46.9 Å². The van der Waals surface area contributed by atoms with Crippen molar-refractivity contribution in [3.05, 3.63) is 58.1 Å². The summed E-state index contributed by atoms with van der Waals surface area (Å²) >= 11 is 3.50. The molecule has 0 saturated heterocycles. The van der Waals surface area contributed by atoms with E-state index < -0.39 is 0 Å². The van der Waals surface area contributed by atoms with Crippen LogP contribution in [0.5, 0.6) is 0 Å². The number of para-hydroxylation sites is 1. The molecule has 0 aliphatic carbocycles.